The molecule has 0 amide bonds. The number of benzene rings is 1. The highest BCUT2D eigenvalue weighted by molar-refractivity contribution is 6.11. The van der Waals surface area contributed by atoms with Gasteiger partial charge in [0.15, 0.2) is 0 Å². The van der Waals surface area contributed by atoms with Crippen LogP contribution < -0.4 is 15.8 Å². The largest absolute Gasteiger partial charge is 0.481 e. The smallest absolute Gasteiger partial charge is 0.314 e. The highest BCUT2D eigenvalue weighted by Gasteiger charge is 2.53. The molecule has 3 rings (SSSR count). The molecule has 1 unspecified atom stereocenters. The van der Waals surface area contributed by atoms with Gasteiger partial charge in [0.2, 0.25) is 5.88 Å². The van der Waals surface area contributed by atoms with Crippen molar-refractivity contribution in [3.05, 3.63) is 81.6 Å². The third-order valence-corrected chi connectivity index (χ3v) is 6.65. The third-order valence-electron chi connectivity index (χ3n) is 6.65. The molecule has 0 bridgehead atoms. The van der Waals surface area contributed by atoms with Crippen LogP contribution in [0.15, 0.2) is 75.2 Å². The van der Waals surface area contributed by atoms with Crippen LogP contribution in [0, 0.1) is 5.82 Å². The first kappa shape index (κ1) is 28.0. The normalized spacial score (nSPS) is 20.3. The summed E-state index contributed by atoms with van der Waals surface area (Å²) in [5, 5.41) is 3.10. The lowest BCUT2D eigenvalue weighted by molar-refractivity contribution is 0.0326. The van der Waals surface area contributed by atoms with Crippen molar-refractivity contribution < 1.29 is 17.9 Å². The molecule has 1 aliphatic heterocycles. The molecule has 1 aromatic heterocycles. The third kappa shape index (κ3) is 5.58. The molecule has 1 aliphatic rings. The summed E-state index contributed by atoms with van der Waals surface area (Å²) in [6.45, 7) is 11.1. The molecule has 5 nitrogen and oxygen atoms in total. The van der Waals surface area contributed by atoms with Gasteiger partial charge in [-0.25, -0.2) is 14.4 Å². The fourth-order valence-electron chi connectivity index (χ4n) is 4.21. The molecule has 37 heavy (non-hydrogen) atoms. The summed E-state index contributed by atoms with van der Waals surface area (Å²) in [5.74, 6) is -3.69. The van der Waals surface area contributed by atoms with Gasteiger partial charge in [-0.1, -0.05) is 31.6 Å². The molecule has 8 heteroatoms. The lowest BCUT2D eigenvalue weighted by Gasteiger charge is -2.39. The number of hydrogen-bond donors (Lipinski definition) is 2. The first-order valence-electron chi connectivity index (χ1n) is 12.3. The standard InChI is InChI=1S/C29H35F3N4O/c1-8-17(5)25-24(16(3)4)27(36-28(33)18(6)9-2)29(31,32)26(35-25)20-14-13-19(30)15-21(20)22-11-10-12-23(34-22)37-7/h10-15,26,35H,8-9,33H2,1-7H3/b25-17+,28-18+,36-27+. The fraction of sp³-hybridized carbons (Fsp3) is 0.379. The van der Waals surface area contributed by atoms with Crippen LogP contribution in [0.25, 0.3) is 11.3 Å². The van der Waals surface area contributed by atoms with Crippen molar-refractivity contribution in [2.24, 2.45) is 10.7 Å². The number of aliphatic imine (C=N–C) groups is 1. The second-order valence-corrected chi connectivity index (χ2v) is 9.36. The summed E-state index contributed by atoms with van der Waals surface area (Å²) in [6.07, 6.45) is 1.22. The highest BCUT2D eigenvalue weighted by Crippen LogP contribution is 2.46. The minimum atomic E-state index is -3.49. The van der Waals surface area contributed by atoms with E-state index in [1.165, 1.54) is 25.3 Å². The number of halogens is 3. The van der Waals surface area contributed by atoms with Crippen LogP contribution in [-0.2, 0) is 0 Å². The molecule has 3 N–H and O–H groups in total. The second kappa shape index (κ2) is 11.2. The summed E-state index contributed by atoms with van der Waals surface area (Å²) in [5.41, 5.74) is 9.72. The van der Waals surface area contributed by atoms with Gasteiger partial charge in [0.1, 0.15) is 23.4 Å². The first-order chi connectivity index (χ1) is 17.5. The van der Waals surface area contributed by atoms with Gasteiger partial charge in [-0.3, -0.25) is 0 Å². The Hall–Kier alpha value is -3.55. The first-order valence-corrected chi connectivity index (χ1v) is 12.3. The molecule has 1 saturated heterocycles. The van der Waals surface area contributed by atoms with Crippen molar-refractivity contribution in [3.63, 3.8) is 0 Å². The van der Waals surface area contributed by atoms with Gasteiger partial charge in [0.05, 0.1) is 12.8 Å². The summed E-state index contributed by atoms with van der Waals surface area (Å²) in [6, 6.07) is 7.17. The zero-order valence-electron chi connectivity index (χ0n) is 22.5. The SMILES string of the molecule is CC/C(C)=C(N)/N=C1\C(=C(C)C)/C(=C(/C)CC)NC(c2ccc(F)cc2-c2cccc(OC)n2)C1(F)F. The number of nitrogens with zero attached hydrogens (tertiary/aromatic N) is 2. The Balaban J connectivity index is 2.37. The Morgan fingerprint density at radius 3 is 2.41 bits per heavy atom. The molecule has 0 radical (unpaired) electrons. The number of rotatable bonds is 6. The van der Waals surface area contributed by atoms with Crippen molar-refractivity contribution in [2.45, 2.75) is 66.3 Å². The number of piperidine rings is 1. The number of methoxy groups -OCH3 is 1. The fourth-order valence-corrected chi connectivity index (χ4v) is 4.21. The van der Waals surface area contributed by atoms with Crippen LogP contribution in [-0.4, -0.2) is 23.7 Å². The van der Waals surface area contributed by atoms with Gasteiger partial charge < -0.3 is 15.8 Å². The average molecular weight is 513 g/mol. The van der Waals surface area contributed by atoms with E-state index in [1.807, 2.05) is 20.8 Å². The van der Waals surface area contributed by atoms with E-state index in [0.717, 1.165) is 5.57 Å². The van der Waals surface area contributed by atoms with Crippen LogP contribution >= 0.6 is 0 Å². The Labute approximate surface area is 217 Å². The number of allylic oxidation sites excluding steroid dienone is 4. The number of alkyl halides is 2. The maximum absolute atomic E-state index is 16.6. The summed E-state index contributed by atoms with van der Waals surface area (Å²) in [7, 11) is 1.46. The Bertz CT molecular complexity index is 1300. The molecule has 1 fully saturated rings. The molecule has 198 valence electrons. The number of nitrogens with one attached hydrogen (secondary N) is 1. The maximum atomic E-state index is 16.6. The van der Waals surface area contributed by atoms with Crippen molar-refractivity contribution in [1.29, 1.82) is 0 Å². The van der Waals surface area contributed by atoms with Crippen molar-refractivity contribution in [2.75, 3.05) is 7.11 Å². The monoisotopic (exact) mass is 512 g/mol. The van der Waals surface area contributed by atoms with E-state index < -0.39 is 23.5 Å². The number of pyridine rings is 1. The van der Waals surface area contributed by atoms with E-state index in [-0.39, 0.29) is 16.9 Å². The van der Waals surface area contributed by atoms with Crippen LogP contribution in [0.5, 0.6) is 5.88 Å². The summed E-state index contributed by atoms with van der Waals surface area (Å²) in [4.78, 5) is 8.71. The maximum Gasteiger partial charge on any atom is 0.314 e. The molecule has 1 atom stereocenters. The Kier molecular flexibility index (Phi) is 8.51. The lowest BCUT2D eigenvalue weighted by atomic mass is 9.81. The summed E-state index contributed by atoms with van der Waals surface area (Å²) >= 11 is 0. The molecule has 0 aliphatic carbocycles. The molecule has 1 aromatic carbocycles. The van der Waals surface area contributed by atoms with Gasteiger partial charge in [-0.05, 0) is 75.4 Å². The van der Waals surface area contributed by atoms with Gasteiger partial charge >= 0.3 is 5.92 Å². The van der Waals surface area contributed by atoms with E-state index in [4.69, 9.17) is 10.5 Å². The minimum Gasteiger partial charge on any atom is -0.481 e. The average Bonchev–Trinajstić information content (AvgIpc) is 2.88. The molecule has 0 spiro atoms. The van der Waals surface area contributed by atoms with Gasteiger partial charge in [0.25, 0.3) is 0 Å². The zero-order valence-corrected chi connectivity index (χ0v) is 22.5. The predicted molar refractivity (Wildman–Crippen MR) is 143 cm³/mol. The minimum absolute atomic E-state index is 0.0684. The summed E-state index contributed by atoms with van der Waals surface area (Å²) < 4.78 is 52.8. The van der Waals surface area contributed by atoms with E-state index in [2.05, 4.69) is 15.3 Å². The number of ether oxygens (including phenoxy) is 1. The molecule has 2 aromatic rings. The van der Waals surface area contributed by atoms with Crippen molar-refractivity contribution in [1.82, 2.24) is 10.3 Å². The molecular formula is C29H35F3N4O. The van der Waals surface area contributed by atoms with Gasteiger partial charge in [0, 0.05) is 22.9 Å². The van der Waals surface area contributed by atoms with Crippen LogP contribution in [0.4, 0.5) is 13.2 Å². The zero-order chi connectivity index (χ0) is 27.5. The van der Waals surface area contributed by atoms with E-state index >= 15 is 8.78 Å². The van der Waals surface area contributed by atoms with Crippen molar-refractivity contribution >= 4 is 5.71 Å². The van der Waals surface area contributed by atoms with E-state index in [0.29, 0.717) is 46.8 Å². The van der Waals surface area contributed by atoms with Crippen molar-refractivity contribution in [3.8, 4) is 17.1 Å². The Morgan fingerprint density at radius 1 is 1.11 bits per heavy atom. The second-order valence-electron chi connectivity index (χ2n) is 9.36. The van der Waals surface area contributed by atoms with Gasteiger partial charge in [-0.2, -0.15) is 8.78 Å². The number of aromatic nitrogens is 1. The number of hydrogen-bond acceptors (Lipinski definition) is 5. The highest BCUT2D eigenvalue weighted by atomic mass is 19.3. The predicted octanol–water partition coefficient (Wildman–Crippen LogP) is 7.24. The molecular weight excluding hydrogens is 477 g/mol. The van der Waals surface area contributed by atoms with E-state index in [1.54, 1.807) is 39.0 Å². The van der Waals surface area contributed by atoms with Gasteiger partial charge in [-0.15, -0.1) is 0 Å². The van der Waals surface area contributed by atoms with E-state index in [9.17, 15) is 4.39 Å². The molecule has 2 heterocycles. The van der Waals surface area contributed by atoms with Crippen LogP contribution in [0.1, 0.15) is 66.0 Å². The van der Waals surface area contributed by atoms with Crippen LogP contribution in [0.3, 0.4) is 0 Å². The molecule has 0 saturated carbocycles. The quantitative estimate of drug-likeness (QED) is 0.428. The topological polar surface area (TPSA) is 72.5 Å². The Morgan fingerprint density at radius 2 is 1.81 bits per heavy atom. The van der Waals surface area contributed by atoms with Crippen LogP contribution in [0.2, 0.25) is 0 Å². The number of nitrogens with two attached hydrogens (primary N) is 1. The lowest BCUT2D eigenvalue weighted by Crippen LogP contribution is -2.50.